The summed E-state index contributed by atoms with van der Waals surface area (Å²) in [5.41, 5.74) is 11.3. The topological polar surface area (TPSA) is 12.5 Å². The first-order chi connectivity index (χ1) is 20.0. The van der Waals surface area contributed by atoms with Crippen LogP contribution in [0.3, 0.4) is 0 Å². The average molecular weight is 527 g/mol. The molecular weight excluding hydrogens is 497 g/mol. The lowest BCUT2D eigenvalue weighted by Crippen LogP contribution is -2.57. The first kappa shape index (κ1) is 24.1. The molecule has 2 nitrogen and oxygen atoms in total. The third-order valence-corrected chi connectivity index (χ3v) is 8.68. The van der Waals surface area contributed by atoms with Gasteiger partial charge in [0.2, 0.25) is 0 Å². The summed E-state index contributed by atoms with van der Waals surface area (Å²) in [5.74, 6) is 1.92. The van der Waals surface area contributed by atoms with Crippen LogP contribution in [-0.2, 0) is 5.41 Å². The monoisotopic (exact) mass is 527 g/mol. The molecule has 0 atom stereocenters. The second-order valence-corrected chi connectivity index (χ2v) is 12.2. The van der Waals surface area contributed by atoms with Gasteiger partial charge in [0.05, 0.1) is 5.69 Å². The summed E-state index contributed by atoms with van der Waals surface area (Å²) in [4.78, 5) is 2.38. The van der Waals surface area contributed by atoms with Crippen LogP contribution in [0.1, 0.15) is 26.3 Å². The molecule has 0 N–H and O–H groups in total. The lowest BCUT2D eigenvalue weighted by molar-refractivity contribution is 0.486. The van der Waals surface area contributed by atoms with Gasteiger partial charge in [-0.25, -0.2) is 0 Å². The quantitative estimate of drug-likeness (QED) is 0.215. The predicted octanol–water partition coefficient (Wildman–Crippen LogP) is 8.21. The third-order valence-electron chi connectivity index (χ3n) is 8.68. The van der Waals surface area contributed by atoms with Gasteiger partial charge in [0.25, 0.3) is 6.71 Å². The first-order valence-corrected chi connectivity index (χ1v) is 14.4. The zero-order valence-electron chi connectivity index (χ0n) is 23.6. The van der Waals surface area contributed by atoms with E-state index in [1.54, 1.807) is 0 Å². The van der Waals surface area contributed by atoms with Gasteiger partial charge in [-0.15, -0.1) is 0 Å². The van der Waals surface area contributed by atoms with Crippen LogP contribution in [0.5, 0.6) is 11.5 Å². The molecule has 6 aromatic rings. The van der Waals surface area contributed by atoms with E-state index in [1.807, 2.05) is 0 Å². The number of nitrogens with zero attached hydrogens (tertiary/aromatic N) is 1. The van der Waals surface area contributed by atoms with E-state index in [9.17, 15) is 0 Å². The number of anilines is 3. The van der Waals surface area contributed by atoms with E-state index in [2.05, 4.69) is 153 Å². The molecule has 3 heteroatoms. The largest absolute Gasteiger partial charge is 0.458 e. The van der Waals surface area contributed by atoms with Crippen molar-refractivity contribution in [3.05, 3.63) is 133 Å². The van der Waals surface area contributed by atoms with E-state index in [4.69, 9.17) is 4.74 Å². The van der Waals surface area contributed by atoms with Crippen LogP contribution in [-0.4, -0.2) is 6.71 Å². The second-order valence-electron chi connectivity index (χ2n) is 12.2. The summed E-state index contributed by atoms with van der Waals surface area (Å²) >= 11 is 0. The minimum absolute atomic E-state index is 0.0481. The van der Waals surface area contributed by atoms with Crippen molar-refractivity contribution in [2.75, 3.05) is 4.90 Å². The molecule has 2 aliphatic heterocycles. The number of benzene rings is 6. The number of fused-ring (bicyclic) bond motifs is 4. The maximum Gasteiger partial charge on any atom is 0.252 e. The smallest absolute Gasteiger partial charge is 0.252 e. The van der Waals surface area contributed by atoms with Gasteiger partial charge in [-0.1, -0.05) is 111 Å². The summed E-state index contributed by atoms with van der Waals surface area (Å²) in [6.07, 6.45) is 0. The van der Waals surface area contributed by atoms with Crippen LogP contribution in [0, 0.1) is 0 Å². The van der Waals surface area contributed by atoms with E-state index < -0.39 is 0 Å². The maximum absolute atomic E-state index is 6.57. The van der Waals surface area contributed by atoms with Gasteiger partial charge in [0.15, 0.2) is 0 Å². The number of ether oxygens (including phenoxy) is 1. The fourth-order valence-electron chi connectivity index (χ4n) is 6.76. The van der Waals surface area contributed by atoms with Crippen molar-refractivity contribution in [1.82, 2.24) is 0 Å². The molecule has 0 aromatic heterocycles. The number of hydrogen-bond acceptors (Lipinski definition) is 2. The molecule has 196 valence electrons. The predicted molar refractivity (Wildman–Crippen MR) is 174 cm³/mol. The van der Waals surface area contributed by atoms with Crippen molar-refractivity contribution in [3.8, 4) is 22.6 Å². The molecule has 0 saturated carbocycles. The van der Waals surface area contributed by atoms with Gasteiger partial charge in [0.1, 0.15) is 11.5 Å². The highest BCUT2D eigenvalue weighted by Crippen LogP contribution is 2.43. The molecule has 0 saturated heterocycles. The van der Waals surface area contributed by atoms with Crippen LogP contribution in [0.4, 0.5) is 17.1 Å². The SMILES string of the molecule is CC(C)(C)c1ccc2c(c1)B1c3c(cccc3-c3ccc(N(c4ccccc4)c4ccccc4)c4cccc1c34)O2. The van der Waals surface area contributed by atoms with Crippen molar-refractivity contribution in [2.45, 2.75) is 26.2 Å². The fourth-order valence-corrected chi connectivity index (χ4v) is 6.76. The highest BCUT2D eigenvalue weighted by molar-refractivity contribution is 7.00. The molecular formula is C38H30BNO. The Labute approximate surface area is 241 Å². The van der Waals surface area contributed by atoms with Crippen molar-refractivity contribution in [3.63, 3.8) is 0 Å². The lowest BCUT2D eigenvalue weighted by atomic mass is 9.32. The molecule has 0 radical (unpaired) electrons. The number of hydrogen-bond donors (Lipinski definition) is 0. The van der Waals surface area contributed by atoms with Gasteiger partial charge < -0.3 is 9.64 Å². The Balaban J connectivity index is 1.43. The van der Waals surface area contributed by atoms with Gasteiger partial charge in [-0.3, -0.25) is 0 Å². The number of para-hydroxylation sites is 2. The van der Waals surface area contributed by atoms with Gasteiger partial charge in [-0.2, -0.15) is 0 Å². The molecule has 0 aliphatic carbocycles. The highest BCUT2D eigenvalue weighted by atomic mass is 16.5. The average Bonchev–Trinajstić information content (AvgIpc) is 3.00. The summed E-state index contributed by atoms with van der Waals surface area (Å²) in [6, 6.07) is 46.1. The van der Waals surface area contributed by atoms with Crippen LogP contribution < -0.4 is 26.0 Å². The molecule has 0 fully saturated rings. The normalized spacial score (nSPS) is 12.9. The summed E-state index contributed by atoms with van der Waals surface area (Å²) < 4.78 is 6.57. The van der Waals surface area contributed by atoms with Crippen molar-refractivity contribution in [2.24, 2.45) is 0 Å². The van der Waals surface area contributed by atoms with Gasteiger partial charge in [-0.05, 0) is 80.9 Å². The maximum atomic E-state index is 6.57. The molecule has 0 unspecified atom stereocenters. The summed E-state index contributed by atoms with van der Waals surface area (Å²) in [6.45, 7) is 6.95. The van der Waals surface area contributed by atoms with E-state index >= 15 is 0 Å². The Morgan fingerprint density at radius 1 is 0.585 bits per heavy atom. The van der Waals surface area contributed by atoms with E-state index in [0.29, 0.717) is 0 Å². The minimum Gasteiger partial charge on any atom is -0.458 e. The molecule has 41 heavy (non-hydrogen) atoms. The van der Waals surface area contributed by atoms with E-state index in [-0.39, 0.29) is 12.1 Å². The van der Waals surface area contributed by atoms with Gasteiger partial charge >= 0.3 is 0 Å². The first-order valence-electron chi connectivity index (χ1n) is 14.4. The fraction of sp³-hybridized carbons (Fsp3) is 0.105. The van der Waals surface area contributed by atoms with E-state index in [1.165, 1.54) is 49.5 Å². The molecule has 6 aromatic carbocycles. The Morgan fingerprint density at radius 3 is 2.00 bits per heavy atom. The van der Waals surface area contributed by atoms with Crippen molar-refractivity contribution in [1.29, 1.82) is 0 Å². The minimum atomic E-state index is 0.0481. The Hall–Kier alpha value is -4.76. The number of rotatable bonds is 3. The highest BCUT2D eigenvalue weighted by Gasteiger charge is 2.40. The lowest BCUT2D eigenvalue weighted by Gasteiger charge is -2.35. The Bertz CT molecular complexity index is 1920. The molecule has 2 aliphatic rings. The van der Waals surface area contributed by atoms with Crippen molar-refractivity contribution >= 4 is 50.9 Å². The molecule has 0 spiro atoms. The van der Waals surface area contributed by atoms with Gasteiger partial charge in [0, 0.05) is 16.8 Å². The molecule has 8 rings (SSSR count). The van der Waals surface area contributed by atoms with Crippen LogP contribution in [0.15, 0.2) is 127 Å². The van der Waals surface area contributed by atoms with Crippen LogP contribution in [0.2, 0.25) is 0 Å². The summed E-state index contributed by atoms with van der Waals surface area (Å²) in [5, 5.41) is 2.58. The van der Waals surface area contributed by atoms with Crippen molar-refractivity contribution < 1.29 is 4.74 Å². The zero-order valence-corrected chi connectivity index (χ0v) is 23.6. The Morgan fingerprint density at radius 2 is 1.29 bits per heavy atom. The van der Waals surface area contributed by atoms with Crippen LogP contribution >= 0.6 is 0 Å². The third kappa shape index (κ3) is 3.65. The molecule has 2 heterocycles. The van der Waals surface area contributed by atoms with Crippen LogP contribution in [0.25, 0.3) is 21.9 Å². The Kier molecular flexibility index (Phi) is 5.21. The standard InChI is InChI=1S/C38H30BNO/c1-38(2,3)25-20-23-34-32(24-25)39-31-18-10-17-30-33(40(26-12-6-4-7-13-26)27-14-8-5-9-15-27)22-21-28(36(30)31)29-16-11-19-35(41-34)37(29)39/h4-24H,1-3H3. The molecule has 0 bridgehead atoms. The van der Waals surface area contributed by atoms with E-state index in [0.717, 1.165) is 22.9 Å². The molecule has 0 amide bonds. The second kappa shape index (κ2) is 8.87. The summed E-state index contributed by atoms with van der Waals surface area (Å²) in [7, 11) is 0. The zero-order chi connectivity index (χ0) is 27.7.